The highest BCUT2D eigenvalue weighted by Gasteiger charge is 2.12. The summed E-state index contributed by atoms with van der Waals surface area (Å²) in [5, 5.41) is 21.8. The Morgan fingerprint density at radius 2 is 1.96 bits per heavy atom. The second-order valence-electron chi connectivity index (χ2n) is 5.20. The number of amides is 1. The molecule has 2 rings (SSSR count). The summed E-state index contributed by atoms with van der Waals surface area (Å²) in [6.07, 6.45) is 1.43. The molecule has 0 radical (unpaired) electrons. The first-order chi connectivity index (χ1) is 11.4. The zero-order valence-corrected chi connectivity index (χ0v) is 14.0. The Labute approximate surface area is 145 Å². The van der Waals surface area contributed by atoms with Crippen LogP contribution in [0.5, 0.6) is 5.75 Å². The standard InChI is InChI=1S/C18H16ClN3O2/c1-12-3-4-14(19)9-17(12)21-18(24)13(10-20)11-22(2)15-5-7-16(23)8-6-15/h3-9,11,23H,1-2H3,(H,21,24)/b13-11-. The number of nitriles is 1. The van der Waals surface area contributed by atoms with Gasteiger partial charge in [0.05, 0.1) is 0 Å². The molecule has 0 spiro atoms. The molecule has 6 heteroatoms. The molecule has 0 unspecified atom stereocenters. The van der Waals surface area contributed by atoms with Crippen LogP contribution in [-0.4, -0.2) is 18.1 Å². The van der Waals surface area contributed by atoms with Crippen molar-refractivity contribution < 1.29 is 9.90 Å². The van der Waals surface area contributed by atoms with Crippen molar-refractivity contribution in [1.82, 2.24) is 0 Å². The highest BCUT2D eigenvalue weighted by atomic mass is 35.5. The number of aromatic hydroxyl groups is 1. The van der Waals surface area contributed by atoms with E-state index in [0.29, 0.717) is 10.7 Å². The van der Waals surface area contributed by atoms with Gasteiger partial charge in [0, 0.05) is 29.6 Å². The molecule has 0 atom stereocenters. The van der Waals surface area contributed by atoms with Gasteiger partial charge in [0.15, 0.2) is 0 Å². The van der Waals surface area contributed by atoms with Gasteiger partial charge in [-0.25, -0.2) is 0 Å². The first-order valence-corrected chi connectivity index (χ1v) is 7.50. The summed E-state index contributed by atoms with van der Waals surface area (Å²) in [6, 6.07) is 13.5. The molecule has 2 aromatic carbocycles. The number of anilines is 2. The van der Waals surface area contributed by atoms with E-state index in [1.807, 2.05) is 13.0 Å². The van der Waals surface area contributed by atoms with E-state index >= 15 is 0 Å². The fourth-order valence-electron chi connectivity index (χ4n) is 2.01. The van der Waals surface area contributed by atoms with Gasteiger partial charge >= 0.3 is 0 Å². The van der Waals surface area contributed by atoms with Gasteiger partial charge in [-0.2, -0.15) is 5.26 Å². The van der Waals surface area contributed by atoms with E-state index in [0.717, 1.165) is 11.3 Å². The van der Waals surface area contributed by atoms with Crippen molar-refractivity contribution in [2.75, 3.05) is 17.3 Å². The number of aryl methyl sites for hydroxylation is 1. The molecule has 122 valence electrons. The number of carbonyl (C=O) groups is 1. The summed E-state index contributed by atoms with van der Waals surface area (Å²) < 4.78 is 0. The third kappa shape index (κ3) is 4.28. The highest BCUT2D eigenvalue weighted by Crippen LogP contribution is 2.21. The molecule has 0 aromatic heterocycles. The van der Waals surface area contributed by atoms with Crippen LogP contribution in [0.1, 0.15) is 5.56 Å². The first kappa shape index (κ1) is 17.4. The Morgan fingerprint density at radius 3 is 2.58 bits per heavy atom. The second kappa shape index (κ2) is 7.53. The van der Waals surface area contributed by atoms with Crippen LogP contribution < -0.4 is 10.2 Å². The largest absolute Gasteiger partial charge is 0.508 e. The van der Waals surface area contributed by atoms with E-state index in [9.17, 15) is 15.2 Å². The van der Waals surface area contributed by atoms with Crippen LogP contribution >= 0.6 is 11.6 Å². The monoisotopic (exact) mass is 341 g/mol. The number of nitrogens with one attached hydrogen (secondary N) is 1. The van der Waals surface area contributed by atoms with Crippen LogP contribution in [0.15, 0.2) is 54.2 Å². The van der Waals surface area contributed by atoms with Gasteiger partial charge < -0.3 is 15.3 Å². The van der Waals surface area contributed by atoms with Crippen LogP contribution in [0.2, 0.25) is 5.02 Å². The van der Waals surface area contributed by atoms with Crippen LogP contribution in [0.3, 0.4) is 0 Å². The molecule has 0 aliphatic heterocycles. The Balaban J connectivity index is 2.20. The third-order valence-corrected chi connectivity index (χ3v) is 3.63. The molecule has 0 aliphatic rings. The summed E-state index contributed by atoms with van der Waals surface area (Å²) in [5.41, 5.74) is 2.08. The number of phenolic OH excluding ortho intramolecular Hbond substituents is 1. The van der Waals surface area contributed by atoms with E-state index in [1.54, 1.807) is 42.3 Å². The number of hydrogen-bond donors (Lipinski definition) is 2. The minimum atomic E-state index is -0.520. The van der Waals surface area contributed by atoms with Gasteiger partial charge in [-0.05, 0) is 48.9 Å². The Hall–Kier alpha value is -2.97. The Morgan fingerprint density at radius 1 is 1.29 bits per heavy atom. The molecule has 5 nitrogen and oxygen atoms in total. The normalized spacial score (nSPS) is 10.8. The predicted octanol–water partition coefficient (Wildman–Crippen LogP) is 3.84. The molecule has 2 aromatic rings. The Bertz CT molecular complexity index is 823. The van der Waals surface area contributed by atoms with Gasteiger partial charge in [0.2, 0.25) is 0 Å². The lowest BCUT2D eigenvalue weighted by Gasteiger charge is -2.15. The molecule has 0 fully saturated rings. The smallest absolute Gasteiger partial charge is 0.267 e. The van der Waals surface area contributed by atoms with Crippen LogP contribution in [0.25, 0.3) is 0 Å². The van der Waals surface area contributed by atoms with Gasteiger partial charge in [-0.1, -0.05) is 17.7 Å². The van der Waals surface area contributed by atoms with E-state index in [1.165, 1.54) is 18.3 Å². The highest BCUT2D eigenvalue weighted by molar-refractivity contribution is 6.31. The van der Waals surface area contributed by atoms with Crippen molar-refractivity contribution in [3.8, 4) is 11.8 Å². The molecule has 0 bridgehead atoms. The molecule has 2 N–H and O–H groups in total. The summed E-state index contributed by atoms with van der Waals surface area (Å²) in [4.78, 5) is 13.9. The lowest BCUT2D eigenvalue weighted by atomic mass is 10.2. The van der Waals surface area contributed by atoms with E-state index in [-0.39, 0.29) is 11.3 Å². The summed E-state index contributed by atoms with van der Waals surface area (Å²) in [7, 11) is 1.71. The topological polar surface area (TPSA) is 76.4 Å². The van der Waals surface area contributed by atoms with Crippen molar-refractivity contribution in [3.05, 3.63) is 64.8 Å². The SMILES string of the molecule is Cc1ccc(Cl)cc1NC(=O)/C(C#N)=C\N(C)c1ccc(O)cc1. The molecular formula is C18H16ClN3O2. The van der Waals surface area contributed by atoms with Crippen molar-refractivity contribution in [3.63, 3.8) is 0 Å². The van der Waals surface area contributed by atoms with Crippen LogP contribution in [-0.2, 0) is 4.79 Å². The van der Waals surface area contributed by atoms with E-state index in [4.69, 9.17) is 11.6 Å². The minimum Gasteiger partial charge on any atom is -0.508 e. The Kier molecular flexibility index (Phi) is 5.46. The van der Waals surface area contributed by atoms with Crippen molar-refractivity contribution in [1.29, 1.82) is 5.26 Å². The maximum atomic E-state index is 12.3. The second-order valence-corrected chi connectivity index (χ2v) is 5.63. The number of hydrogen-bond acceptors (Lipinski definition) is 4. The molecule has 0 aliphatic carbocycles. The van der Waals surface area contributed by atoms with Gasteiger partial charge in [-0.15, -0.1) is 0 Å². The number of halogens is 1. The van der Waals surface area contributed by atoms with Crippen LogP contribution in [0.4, 0.5) is 11.4 Å². The number of nitrogens with zero attached hydrogens (tertiary/aromatic N) is 2. The summed E-state index contributed by atoms with van der Waals surface area (Å²) in [5.74, 6) is -0.376. The van der Waals surface area contributed by atoms with Gasteiger partial charge in [0.1, 0.15) is 17.4 Å². The molecule has 1 amide bonds. The first-order valence-electron chi connectivity index (χ1n) is 7.12. The summed E-state index contributed by atoms with van der Waals surface area (Å²) in [6.45, 7) is 1.84. The fourth-order valence-corrected chi connectivity index (χ4v) is 2.18. The van der Waals surface area contributed by atoms with Crippen LogP contribution in [0, 0.1) is 18.3 Å². The lowest BCUT2D eigenvalue weighted by molar-refractivity contribution is -0.112. The van der Waals surface area contributed by atoms with Crippen molar-refractivity contribution in [2.45, 2.75) is 6.92 Å². The molecule has 0 heterocycles. The maximum Gasteiger partial charge on any atom is 0.267 e. The molecule has 0 saturated heterocycles. The van der Waals surface area contributed by atoms with E-state index in [2.05, 4.69) is 5.32 Å². The number of phenols is 1. The molecular weight excluding hydrogens is 326 g/mol. The molecule has 24 heavy (non-hydrogen) atoms. The number of carbonyl (C=O) groups excluding carboxylic acids is 1. The average Bonchev–Trinajstić information content (AvgIpc) is 2.56. The number of benzene rings is 2. The van der Waals surface area contributed by atoms with Gasteiger partial charge in [0.25, 0.3) is 5.91 Å². The average molecular weight is 342 g/mol. The van der Waals surface area contributed by atoms with Gasteiger partial charge in [-0.3, -0.25) is 4.79 Å². The third-order valence-electron chi connectivity index (χ3n) is 3.39. The van der Waals surface area contributed by atoms with E-state index < -0.39 is 5.91 Å². The van der Waals surface area contributed by atoms with Crippen molar-refractivity contribution >= 4 is 28.9 Å². The fraction of sp³-hybridized carbons (Fsp3) is 0.111. The molecule has 0 saturated carbocycles. The quantitative estimate of drug-likeness (QED) is 0.654. The zero-order valence-electron chi connectivity index (χ0n) is 13.2. The number of rotatable bonds is 4. The van der Waals surface area contributed by atoms with Crippen molar-refractivity contribution in [2.24, 2.45) is 0 Å². The summed E-state index contributed by atoms with van der Waals surface area (Å²) >= 11 is 5.93. The zero-order chi connectivity index (χ0) is 17.7. The minimum absolute atomic E-state index is 0.0510. The maximum absolute atomic E-state index is 12.3. The lowest BCUT2D eigenvalue weighted by Crippen LogP contribution is -2.18. The predicted molar refractivity (Wildman–Crippen MR) is 95.0 cm³/mol.